The van der Waals surface area contributed by atoms with Gasteiger partial charge in [-0.25, -0.2) is 4.39 Å². The number of hydrogen-bond acceptors (Lipinski definition) is 3. The molecule has 0 aromatic carbocycles. The molecule has 0 aliphatic carbocycles. The lowest BCUT2D eigenvalue weighted by molar-refractivity contribution is -1.27. The summed E-state index contributed by atoms with van der Waals surface area (Å²) in [6.45, 7) is -1.98. The van der Waals surface area contributed by atoms with Gasteiger partial charge in [0.25, 0.3) is 0 Å². The first-order valence-corrected chi connectivity index (χ1v) is 3.49. The molecule has 4 nitrogen and oxygen atoms in total. The molecular formula is C6H12F4INO3. The van der Waals surface area contributed by atoms with Crippen LogP contribution in [-0.2, 0) is 0 Å². The van der Waals surface area contributed by atoms with Crippen LogP contribution < -0.4 is 24.0 Å². The molecule has 0 aliphatic heterocycles. The Hall–Kier alpha value is 0.0300. The van der Waals surface area contributed by atoms with Gasteiger partial charge in [-0.2, -0.15) is 0 Å². The summed E-state index contributed by atoms with van der Waals surface area (Å²) in [4.78, 5) is 0. The Morgan fingerprint density at radius 1 is 1.13 bits per heavy atom. The molecule has 0 rings (SSSR count). The predicted octanol–water partition coefficient (Wildman–Crippen LogP) is -2.72. The highest BCUT2D eigenvalue weighted by atomic mass is 127. The van der Waals surface area contributed by atoms with Crippen molar-refractivity contribution >= 4 is 0 Å². The largest absolute Gasteiger partial charge is 1.00 e. The summed E-state index contributed by atoms with van der Waals surface area (Å²) in [5.74, 6) is 0. The van der Waals surface area contributed by atoms with E-state index in [9.17, 15) is 17.8 Å². The maximum absolute atomic E-state index is 11.0. The molecule has 0 unspecified atom stereocenters. The van der Waals surface area contributed by atoms with E-state index in [0.717, 1.165) is 0 Å². The van der Waals surface area contributed by atoms with Gasteiger partial charge in [-0.15, -0.1) is 0 Å². The Kier molecular flexibility index (Phi) is 16.5. The van der Waals surface area contributed by atoms with Crippen molar-refractivity contribution in [3.8, 4) is 0 Å². The average molecular weight is 349 g/mol. The fraction of sp³-hybridized carbons (Fsp3) is 0.667. The molecule has 15 heavy (non-hydrogen) atoms. The molecule has 0 atom stereocenters. The van der Waals surface area contributed by atoms with Crippen LogP contribution in [0.5, 0.6) is 0 Å². The number of aliphatic hydroxyl groups is 3. The van der Waals surface area contributed by atoms with Crippen molar-refractivity contribution < 1.29 is 62.3 Å². The summed E-state index contributed by atoms with van der Waals surface area (Å²) < 4.78 is 43.7. The van der Waals surface area contributed by atoms with Crippen LogP contribution in [0.1, 0.15) is 0 Å². The summed E-state index contributed by atoms with van der Waals surface area (Å²) in [6.07, 6.45) is -0.698. The molecular weight excluding hydrogens is 337 g/mol. The Bertz CT molecular complexity index is 152. The van der Waals surface area contributed by atoms with E-state index in [1.54, 1.807) is 0 Å². The maximum Gasteiger partial charge on any atom is 0.248 e. The van der Waals surface area contributed by atoms with Crippen molar-refractivity contribution in [1.82, 2.24) is 0 Å². The lowest BCUT2D eigenvalue weighted by Crippen LogP contribution is -3.00. The van der Waals surface area contributed by atoms with Crippen molar-refractivity contribution in [2.45, 2.75) is 6.10 Å². The van der Waals surface area contributed by atoms with Gasteiger partial charge in [0.15, 0.2) is 0 Å². The van der Waals surface area contributed by atoms with E-state index < -0.39 is 17.8 Å². The second kappa shape index (κ2) is 12.1. The van der Waals surface area contributed by atoms with Gasteiger partial charge in [0.1, 0.15) is 6.10 Å². The third kappa shape index (κ3) is 24.9. The standard InChI is InChI=1S/C3H4F4N.C3H8O3.HI/c4-2-1-3-8(5,6)7;4-1-3(6)2-5;/h1-2H,3H2;3-6H,1-2H2;1H/q+1;;/p-1. The molecule has 0 amide bonds. The van der Waals surface area contributed by atoms with Crippen molar-refractivity contribution in [2.75, 3.05) is 19.8 Å². The minimum atomic E-state index is -3.72. The van der Waals surface area contributed by atoms with Gasteiger partial charge in [-0.05, 0) is 0 Å². The summed E-state index contributed by atoms with van der Waals surface area (Å²) in [6, 6.07) is 0. The van der Waals surface area contributed by atoms with E-state index >= 15 is 0 Å². The monoisotopic (exact) mass is 349 g/mol. The second-order valence-electron chi connectivity index (χ2n) is 2.11. The molecule has 0 saturated heterocycles. The first kappa shape index (κ1) is 20.4. The summed E-state index contributed by atoms with van der Waals surface area (Å²) in [5, 5.41) is 20.3. The molecule has 0 aliphatic rings. The van der Waals surface area contributed by atoms with Crippen molar-refractivity contribution in [3.63, 3.8) is 0 Å². The van der Waals surface area contributed by atoms with Crippen LogP contribution in [0.15, 0.2) is 12.4 Å². The zero-order valence-corrected chi connectivity index (χ0v) is 9.69. The molecule has 0 aromatic rings. The molecule has 0 radical (unpaired) electrons. The summed E-state index contributed by atoms with van der Waals surface area (Å²) >= 11 is 0. The van der Waals surface area contributed by atoms with E-state index in [2.05, 4.69) is 0 Å². The number of quaternary nitrogens is 1. The molecule has 0 saturated carbocycles. The quantitative estimate of drug-likeness (QED) is 0.294. The Labute approximate surface area is 101 Å². The lowest BCUT2D eigenvalue weighted by Gasteiger charge is -1.96. The fourth-order valence-electron chi connectivity index (χ4n) is 0.217. The molecule has 9 heteroatoms. The summed E-state index contributed by atoms with van der Waals surface area (Å²) in [5.41, 5.74) is 0. The third-order valence-electron chi connectivity index (χ3n) is 0.823. The zero-order valence-electron chi connectivity index (χ0n) is 7.53. The number of hydrogen-bond donors (Lipinski definition) is 3. The molecule has 0 fully saturated rings. The van der Waals surface area contributed by atoms with Gasteiger partial charge in [0.05, 0.1) is 33.0 Å². The smallest absolute Gasteiger partial charge is 0.248 e. The number of rotatable bonds is 4. The molecule has 3 N–H and O–H groups in total. The van der Waals surface area contributed by atoms with E-state index in [-0.39, 0.29) is 43.5 Å². The van der Waals surface area contributed by atoms with Crippen molar-refractivity contribution in [3.05, 3.63) is 12.4 Å². The van der Waals surface area contributed by atoms with Crippen LogP contribution in [0.25, 0.3) is 0 Å². The van der Waals surface area contributed by atoms with Gasteiger partial charge in [0.2, 0.25) is 11.7 Å². The van der Waals surface area contributed by atoms with Gasteiger partial charge >= 0.3 is 0 Å². The van der Waals surface area contributed by atoms with Crippen molar-refractivity contribution in [2.24, 2.45) is 0 Å². The van der Waals surface area contributed by atoms with E-state index in [4.69, 9.17) is 15.3 Å². The van der Waals surface area contributed by atoms with Gasteiger partial charge < -0.3 is 39.3 Å². The molecule has 94 valence electrons. The second-order valence-corrected chi connectivity index (χ2v) is 2.11. The molecule has 0 heterocycles. The minimum absolute atomic E-state index is 0. The summed E-state index contributed by atoms with van der Waals surface area (Å²) in [7, 11) is 0. The van der Waals surface area contributed by atoms with Gasteiger partial charge in [-0.1, -0.05) is 0 Å². The normalized spacial score (nSPS) is 10.9. The number of halogens is 5. The van der Waals surface area contributed by atoms with E-state index in [1.807, 2.05) is 0 Å². The first-order valence-electron chi connectivity index (χ1n) is 3.49. The Morgan fingerprint density at radius 2 is 1.53 bits per heavy atom. The van der Waals surface area contributed by atoms with E-state index in [1.165, 1.54) is 0 Å². The van der Waals surface area contributed by atoms with Crippen LogP contribution >= 0.6 is 0 Å². The minimum Gasteiger partial charge on any atom is -1.00 e. The van der Waals surface area contributed by atoms with Gasteiger partial charge in [-0.3, -0.25) is 0 Å². The van der Waals surface area contributed by atoms with E-state index in [0.29, 0.717) is 6.08 Å². The van der Waals surface area contributed by atoms with Crippen LogP contribution in [-0.4, -0.2) is 46.3 Å². The zero-order chi connectivity index (χ0) is 11.6. The Balaban J connectivity index is -0.000000187. The SMILES string of the molecule is FC=CC[N+](F)(F)F.OCC(O)CO.[I-]. The highest BCUT2D eigenvalue weighted by molar-refractivity contribution is 4.68. The molecule has 0 spiro atoms. The third-order valence-corrected chi connectivity index (χ3v) is 0.823. The van der Waals surface area contributed by atoms with Gasteiger partial charge in [0, 0.05) is 6.08 Å². The molecule has 0 aromatic heterocycles. The number of nitrogens with zero attached hydrogens (tertiary/aromatic N) is 1. The van der Waals surface area contributed by atoms with Crippen LogP contribution in [0.2, 0.25) is 0 Å². The maximum atomic E-state index is 11.0. The van der Waals surface area contributed by atoms with Crippen molar-refractivity contribution in [1.29, 1.82) is 0 Å². The highest BCUT2D eigenvalue weighted by Crippen LogP contribution is 2.08. The number of aliphatic hydroxyl groups excluding tert-OH is 3. The molecule has 0 bridgehead atoms. The predicted molar refractivity (Wildman–Crippen MR) is 38.9 cm³/mol. The fourth-order valence-corrected chi connectivity index (χ4v) is 0.217. The van der Waals surface area contributed by atoms with Crippen LogP contribution in [0, 0.1) is 0 Å². The Morgan fingerprint density at radius 3 is 1.60 bits per heavy atom. The van der Waals surface area contributed by atoms with Crippen LogP contribution in [0.3, 0.4) is 0 Å². The first-order chi connectivity index (χ1) is 6.37. The lowest BCUT2D eigenvalue weighted by atomic mass is 10.4. The van der Waals surface area contributed by atoms with Crippen LogP contribution in [0.4, 0.5) is 17.8 Å². The average Bonchev–Trinajstić information content (AvgIpc) is 2.13. The highest BCUT2D eigenvalue weighted by Gasteiger charge is 2.27. The topological polar surface area (TPSA) is 60.7 Å².